The fourth-order valence-electron chi connectivity index (χ4n) is 3.57. The zero-order chi connectivity index (χ0) is 31.8. The van der Waals surface area contributed by atoms with E-state index in [0.29, 0.717) is 42.8 Å². The lowest BCUT2D eigenvalue weighted by molar-refractivity contribution is -0.109. The van der Waals surface area contributed by atoms with E-state index in [1.54, 1.807) is 13.2 Å². The number of nitrogens with one attached hydrogen (secondary N) is 3. The van der Waals surface area contributed by atoms with Gasteiger partial charge in [0.25, 0.3) is 0 Å². The topological polar surface area (TPSA) is 84.0 Å². The Kier molecular flexibility index (Phi) is 22.5. The molecule has 0 aliphatic carbocycles. The molecule has 0 saturated carbocycles. The van der Waals surface area contributed by atoms with E-state index >= 15 is 0 Å². The second-order valence-electron chi connectivity index (χ2n) is 9.68. The summed E-state index contributed by atoms with van der Waals surface area (Å²) in [6, 6.07) is 14.4. The third-order valence-electron chi connectivity index (χ3n) is 6.38. The molecule has 9 heteroatoms. The zero-order valence-electron chi connectivity index (χ0n) is 26.8. The van der Waals surface area contributed by atoms with Crippen LogP contribution in [0.4, 0.5) is 0 Å². The summed E-state index contributed by atoms with van der Waals surface area (Å²) in [6.07, 6.45) is 5.36. The van der Waals surface area contributed by atoms with Crippen LogP contribution in [0, 0.1) is 0 Å². The third kappa shape index (κ3) is 16.8. The van der Waals surface area contributed by atoms with Crippen LogP contribution in [0.3, 0.4) is 0 Å². The first-order valence-corrected chi connectivity index (χ1v) is 15.4. The van der Waals surface area contributed by atoms with E-state index in [-0.39, 0.29) is 12.1 Å². The van der Waals surface area contributed by atoms with Crippen molar-refractivity contribution in [1.29, 1.82) is 0 Å². The monoisotopic (exact) mass is 622 g/mol. The van der Waals surface area contributed by atoms with Crippen LogP contribution in [-0.4, -0.2) is 59.4 Å². The van der Waals surface area contributed by atoms with Gasteiger partial charge in [0.2, 0.25) is 6.41 Å². The van der Waals surface area contributed by atoms with Crippen molar-refractivity contribution in [2.24, 2.45) is 4.99 Å². The number of carbonyl (C=O) groups is 1. The van der Waals surface area contributed by atoms with Crippen molar-refractivity contribution in [2.75, 3.05) is 47.2 Å². The molecule has 0 saturated heterocycles. The van der Waals surface area contributed by atoms with E-state index < -0.39 is 0 Å². The van der Waals surface area contributed by atoms with Crippen LogP contribution >= 0.6 is 23.2 Å². The van der Waals surface area contributed by atoms with Crippen molar-refractivity contribution in [3.63, 3.8) is 0 Å². The van der Waals surface area contributed by atoms with Gasteiger partial charge in [-0.25, -0.2) is 4.99 Å². The van der Waals surface area contributed by atoms with E-state index in [9.17, 15) is 4.79 Å². The molecule has 0 atom stereocenters. The van der Waals surface area contributed by atoms with E-state index in [1.165, 1.54) is 11.1 Å². The molecule has 3 N–H and O–H groups in total. The fraction of sp³-hybridized carbons (Fsp3) is 0.515. The molecule has 0 bridgehead atoms. The number of halogens is 2. The van der Waals surface area contributed by atoms with Crippen molar-refractivity contribution in [1.82, 2.24) is 16.0 Å². The van der Waals surface area contributed by atoms with Crippen LogP contribution in [0.25, 0.3) is 0 Å². The van der Waals surface area contributed by atoms with Crippen molar-refractivity contribution in [2.45, 2.75) is 66.2 Å². The van der Waals surface area contributed by atoms with Gasteiger partial charge in [-0.05, 0) is 60.1 Å². The number of hydrogen-bond acceptors (Lipinski definition) is 5. The Balaban J connectivity index is 0.00000145. The maximum absolute atomic E-state index is 9.60. The van der Waals surface area contributed by atoms with Gasteiger partial charge >= 0.3 is 0 Å². The van der Waals surface area contributed by atoms with Gasteiger partial charge in [-0.15, -0.1) is 0 Å². The second-order valence-corrected chi connectivity index (χ2v) is 10.5. The minimum atomic E-state index is 0.162. The number of carbonyl (C=O) groups excluding carboxylic acids is 1. The van der Waals surface area contributed by atoms with Crippen LogP contribution in [0.2, 0.25) is 10.0 Å². The normalized spacial score (nSPS) is 11.5. The van der Waals surface area contributed by atoms with Gasteiger partial charge in [-0.2, -0.15) is 0 Å². The molecule has 2 aromatic rings. The highest BCUT2D eigenvalue weighted by Gasteiger charge is 2.18. The quantitative estimate of drug-likeness (QED) is 0.0816. The molecule has 0 aliphatic heterocycles. The molecule has 0 aliphatic rings. The molecule has 42 heavy (non-hydrogen) atoms. The Bertz CT molecular complexity index is 1080. The molecule has 236 valence electrons. The number of allylic oxidation sites excluding steroid dienone is 1. The molecule has 1 amide bonds. The average molecular weight is 624 g/mol. The molecule has 2 aromatic carbocycles. The summed E-state index contributed by atoms with van der Waals surface area (Å²) in [5, 5.41) is 10.5. The molecule has 0 heterocycles. The maximum atomic E-state index is 9.60. The number of methoxy groups -OCH3 is 1. The SMILES string of the molecule is CC.CCC(C)(C)c1cccc(C/C(=C/C(=N\COC)NCCc2ccc(Cl)cc2Cl)NC)c1.CCOCCNC=O. The van der Waals surface area contributed by atoms with Crippen molar-refractivity contribution in [3.05, 3.63) is 81.0 Å². The van der Waals surface area contributed by atoms with Crippen LogP contribution in [0.5, 0.6) is 0 Å². The number of rotatable bonds is 16. The lowest BCUT2D eigenvalue weighted by Gasteiger charge is -2.24. The van der Waals surface area contributed by atoms with Gasteiger partial charge < -0.3 is 25.4 Å². The van der Waals surface area contributed by atoms with Gasteiger partial charge in [0.05, 0.1) is 6.61 Å². The van der Waals surface area contributed by atoms with Gasteiger partial charge in [-0.3, -0.25) is 4.79 Å². The predicted molar refractivity (Wildman–Crippen MR) is 180 cm³/mol. The van der Waals surface area contributed by atoms with Gasteiger partial charge in [0, 0.05) is 56.0 Å². The summed E-state index contributed by atoms with van der Waals surface area (Å²) >= 11 is 12.3. The summed E-state index contributed by atoms with van der Waals surface area (Å²) in [5.74, 6) is 0.770. The van der Waals surface area contributed by atoms with Gasteiger partial charge in [-0.1, -0.05) is 88.2 Å². The number of hydrogen-bond donors (Lipinski definition) is 3. The van der Waals surface area contributed by atoms with E-state index in [0.717, 1.165) is 36.4 Å². The van der Waals surface area contributed by atoms with Crippen molar-refractivity contribution < 1.29 is 14.3 Å². The Hall–Kier alpha value is -2.58. The van der Waals surface area contributed by atoms with Crippen LogP contribution in [0.1, 0.15) is 64.7 Å². The highest BCUT2D eigenvalue weighted by molar-refractivity contribution is 6.35. The van der Waals surface area contributed by atoms with Crippen molar-refractivity contribution >= 4 is 35.4 Å². The summed E-state index contributed by atoms with van der Waals surface area (Å²) < 4.78 is 10.1. The highest BCUT2D eigenvalue weighted by atomic mass is 35.5. The summed E-state index contributed by atoms with van der Waals surface area (Å²) in [7, 11) is 3.57. The smallest absolute Gasteiger partial charge is 0.207 e. The molecular weight excluding hydrogens is 571 g/mol. The standard InChI is InChI=1S/C26H35Cl2N3O.C5H11NO2.C2H6/c1-6-26(2,3)21-9-7-8-19(14-21)15-23(29-4)17-25(31-18-32-5)30-13-12-20-10-11-22(27)16-24(20)28;1-2-8-4-3-6-5-7;1-2/h7-11,14,16-17,29H,6,12-13,15,18H2,1-5H3,(H,30,31);5H,2-4H2,1H3,(H,6,7);1-2H3/b23-17-;;. The highest BCUT2D eigenvalue weighted by Crippen LogP contribution is 2.27. The van der Waals surface area contributed by atoms with Crippen molar-refractivity contribution in [3.8, 4) is 0 Å². The molecule has 0 unspecified atom stereocenters. The Morgan fingerprint density at radius 1 is 1.07 bits per heavy atom. The first-order chi connectivity index (χ1) is 20.2. The summed E-state index contributed by atoms with van der Waals surface area (Å²) in [6.45, 7) is 15.6. The molecular formula is C33H52Cl2N4O3. The van der Waals surface area contributed by atoms with Crippen LogP contribution in [-0.2, 0) is 32.5 Å². The Morgan fingerprint density at radius 2 is 1.81 bits per heavy atom. The lowest BCUT2D eigenvalue weighted by Crippen LogP contribution is -2.26. The minimum absolute atomic E-state index is 0.162. The molecule has 2 rings (SSSR count). The van der Waals surface area contributed by atoms with E-state index in [2.05, 4.69) is 66.0 Å². The minimum Gasteiger partial charge on any atom is -0.391 e. The second kappa shape index (κ2) is 23.9. The molecule has 7 nitrogen and oxygen atoms in total. The largest absolute Gasteiger partial charge is 0.391 e. The van der Waals surface area contributed by atoms with Crippen LogP contribution in [0.15, 0.2) is 59.2 Å². The first kappa shape index (κ1) is 39.4. The van der Waals surface area contributed by atoms with Gasteiger partial charge in [0.15, 0.2) is 0 Å². The molecule has 0 spiro atoms. The van der Waals surface area contributed by atoms with E-state index in [1.807, 2.05) is 46.0 Å². The molecule has 0 fully saturated rings. The predicted octanol–water partition coefficient (Wildman–Crippen LogP) is 6.96. The number of benzene rings is 2. The number of amides is 1. The fourth-order valence-corrected chi connectivity index (χ4v) is 4.08. The summed E-state index contributed by atoms with van der Waals surface area (Å²) in [5.41, 5.74) is 4.91. The number of aliphatic imine (C=N–C) groups is 1. The Morgan fingerprint density at radius 3 is 2.40 bits per heavy atom. The lowest BCUT2D eigenvalue weighted by atomic mass is 9.81. The molecule has 0 radical (unpaired) electrons. The van der Waals surface area contributed by atoms with E-state index in [4.69, 9.17) is 32.7 Å². The zero-order valence-corrected chi connectivity index (χ0v) is 28.3. The summed E-state index contributed by atoms with van der Waals surface area (Å²) in [4.78, 5) is 14.1. The number of ether oxygens (including phenoxy) is 2. The number of likely N-dealkylation sites (N-methyl/N-ethyl adjacent to an activating group) is 1. The number of nitrogens with zero attached hydrogens (tertiary/aromatic N) is 1. The van der Waals surface area contributed by atoms with Crippen LogP contribution < -0.4 is 16.0 Å². The average Bonchev–Trinajstić information content (AvgIpc) is 3.00. The molecule has 0 aromatic heterocycles. The van der Waals surface area contributed by atoms with Gasteiger partial charge in [0.1, 0.15) is 12.6 Å². The third-order valence-corrected chi connectivity index (χ3v) is 6.96. The Labute approximate surface area is 264 Å². The number of amidine groups is 1. The maximum Gasteiger partial charge on any atom is 0.207 e. The first-order valence-electron chi connectivity index (χ1n) is 14.6.